The molecule has 25 heavy (non-hydrogen) atoms. The zero-order valence-corrected chi connectivity index (χ0v) is 15.1. The molecule has 8 nitrogen and oxygen atoms in total. The number of ether oxygens (including phenoxy) is 2. The van der Waals surface area contributed by atoms with Gasteiger partial charge in [-0.25, -0.2) is 4.98 Å². The summed E-state index contributed by atoms with van der Waals surface area (Å²) in [5.74, 6) is 0.645. The molecule has 1 aliphatic heterocycles. The SMILES string of the molecule is CCc1nnc(Nc2cccc([C@@H]3CN(C(=O)COC)CCO3)n2)s1. The molecule has 9 heteroatoms. The lowest BCUT2D eigenvalue weighted by molar-refractivity contribution is -0.143. The summed E-state index contributed by atoms with van der Waals surface area (Å²) in [5.41, 5.74) is 0.778. The van der Waals surface area contributed by atoms with Crippen LogP contribution in [0, 0.1) is 0 Å². The minimum Gasteiger partial charge on any atom is -0.375 e. The zero-order valence-electron chi connectivity index (χ0n) is 14.3. The molecule has 0 unspecified atom stereocenters. The van der Waals surface area contributed by atoms with Gasteiger partial charge in [0, 0.05) is 13.7 Å². The summed E-state index contributed by atoms with van der Waals surface area (Å²) in [4.78, 5) is 18.4. The number of anilines is 2. The fourth-order valence-electron chi connectivity index (χ4n) is 2.53. The molecule has 2 aromatic heterocycles. The van der Waals surface area contributed by atoms with Crippen LogP contribution in [0.4, 0.5) is 10.9 Å². The molecule has 2 aromatic rings. The molecule has 1 saturated heterocycles. The number of rotatable bonds is 6. The van der Waals surface area contributed by atoms with Gasteiger partial charge in [0.05, 0.1) is 18.8 Å². The third-order valence-electron chi connectivity index (χ3n) is 3.79. The maximum atomic E-state index is 12.0. The molecule has 0 aromatic carbocycles. The van der Waals surface area contributed by atoms with Crippen molar-refractivity contribution in [1.82, 2.24) is 20.1 Å². The third-order valence-corrected chi connectivity index (χ3v) is 4.77. The monoisotopic (exact) mass is 363 g/mol. The molecule has 0 saturated carbocycles. The van der Waals surface area contributed by atoms with E-state index in [1.165, 1.54) is 18.4 Å². The van der Waals surface area contributed by atoms with E-state index < -0.39 is 0 Å². The van der Waals surface area contributed by atoms with Gasteiger partial charge in [0.2, 0.25) is 11.0 Å². The van der Waals surface area contributed by atoms with Crippen molar-refractivity contribution >= 4 is 28.2 Å². The highest BCUT2D eigenvalue weighted by atomic mass is 32.1. The van der Waals surface area contributed by atoms with Crippen molar-refractivity contribution in [2.45, 2.75) is 19.4 Å². The van der Waals surface area contributed by atoms with Gasteiger partial charge in [-0.05, 0) is 18.6 Å². The van der Waals surface area contributed by atoms with E-state index in [1.807, 2.05) is 25.1 Å². The first kappa shape index (κ1) is 17.7. The maximum absolute atomic E-state index is 12.0. The number of carbonyl (C=O) groups excluding carboxylic acids is 1. The van der Waals surface area contributed by atoms with E-state index in [2.05, 4.69) is 20.5 Å². The van der Waals surface area contributed by atoms with Gasteiger partial charge in [-0.1, -0.05) is 24.3 Å². The Morgan fingerprint density at radius 1 is 1.48 bits per heavy atom. The normalized spacial score (nSPS) is 17.5. The summed E-state index contributed by atoms with van der Waals surface area (Å²) < 4.78 is 10.7. The van der Waals surface area contributed by atoms with Crippen LogP contribution in [0.25, 0.3) is 0 Å². The largest absolute Gasteiger partial charge is 0.375 e. The molecule has 1 fully saturated rings. The predicted molar refractivity (Wildman–Crippen MR) is 94.0 cm³/mol. The number of aryl methyl sites for hydroxylation is 1. The van der Waals surface area contributed by atoms with Crippen molar-refractivity contribution < 1.29 is 14.3 Å². The first-order chi connectivity index (χ1) is 12.2. The van der Waals surface area contributed by atoms with E-state index >= 15 is 0 Å². The highest BCUT2D eigenvalue weighted by Gasteiger charge is 2.26. The van der Waals surface area contributed by atoms with Crippen LogP contribution in [0.5, 0.6) is 0 Å². The van der Waals surface area contributed by atoms with Gasteiger partial charge < -0.3 is 19.7 Å². The number of carbonyl (C=O) groups is 1. The number of nitrogens with one attached hydrogen (secondary N) is 1. The fourth-order valence-corrected chi connectivity index (χ4v) is 3.21. The predicted octanol–water partition coefficient (Wildman–Crippen LogP) is 1.79. The van der Waals surface area contributed by atoms with E-state index in [1.54, 1.807) is 4.90 Å². The Balaban J connectivity index is 1.69. The lowest BCUT2D eigenvalue weighted by Gasteiger charge is -2.32. The number of hydrogen-bond acceptors (Lipinski definition) is 8. The number of morpholine rings is 1. The van der Waals surface area contributed by atoms with Crippen LogP contribution in [0.3, 0.4) is 0 Å². The lowest BCUT2D eigenvalue weighted by atomic mass is 10.2. The lowest BCUT2D eigenvalue weighted by Crippen LogP contribution is -2.43. The molecule has 0 radical (unpaired) electrons. The molecule has 0 spiro atoms. The van der Waals surface area contributed by atoms with Crippen LogP contribution < -0.4 is 5.32 Å². The van der Waals surface area contributed by atoms with Gasteiger partial charge in [0.1, 0.15) is 23.5 Å². The molecular formula is C16H21N5O3S. The van der Waals surface area contributed by atoms with Crippen LogP contribution in [-0.2, 0) is 20.7 Å². The summed E-state index contributed by atoms with van der Waals surface area (Å²) in [5, 5.41) is 13.0. The summed E-state index contributed by atoms with van der Waals surface area (Å²) >= 11 is 1.51. The average molecular weight is 363 g/mol. The summed E-state index contributed by atoms with van der Waals surface area (Å²) in [6.07, 6.45) is 0.602. The van der Waals surface area contributed by atoms with Crippen molar-refractivity contribution in [3.05, 3.63) is 28.9 Å². The minimum atomic E-state index is -0.253. The summed E-state index contributed by atoms with van der Waals surface area (Å²) in [7, 11) is 1.52. The van der Waals surface area contributed by atoms with E-state index in [0.717, 1.165) is 17.1 Å². The second-order valence-electron chi connectivity index (χ2n) is 5.56. The fraction of sp³-hybridized carbons (Fsp3) is 0.500. The number of amides is 1. The molecule has 1 N–H and O–H groups in total. The topological polar surface area (TPSA) is 89.5 Å². The number of aromatic nitrogens is 3. The highest BCUT2D eigenvalue weighted by Crippen LogP contribution is 2.24. The average Bonchev–Trinajstić information content (AvgIpc) is 3.10. The molecule has 0 aliphatic carbocycles. The number of hydrogen-bond donors (Lipinski definition) is 1. The van der Waals surface area contributed by atoms with Crippen molar-refractivity contribution in [2.24, 2.45) is 0 Å². The number of methoxy groups -OCH3 is 1. The zero-order chi connectivity index (χ0) is 17.6. The van der Waals surface area contributed by atoms with Gasteiger partial charge in [-0.3, -0.25) is 4.79 Å². The Labute approximate surface area is 150 Å². The summed E-state index contributed by atoms with van der Waals surface area (Å²) in [6, 6.07) is 5.68. The highest BCUT2D eigenvalue weighted by molar-refractivity contribution is 7.15. The first-order valence-electron chi connectivity index (χ1n) is 8.14. The molecular weight excluding hydrogens is 342 g/mol. The van der Waals surface area contributed by atoms with Crippen molar-refractivity contribution in [2.75, 3.05) is 38.7 Å². The van der Waals surface area contributed by atoms with Gasteiger partial charge in [0.15, 0.2) is 0 Å². The molecule has 134 valence electrons. The van der Waals surface area contributed by atoms with Crippen LogP contribution in [0.1, 0.15) is 23.7 Å². The van der Waals surface area contributed by atoms with Gasteiger partial charge in [-0.15, -0.1) is 10.2 Å². The Morgan fingerprint density at radius 2 is 2.36 bits per heavy atom. The Kier molecular flexibility index (Phi) is 5.90. The smallest absolute Gasteiger partial charge is 0.248 e. The third kappa shape index (κ3) is 4.50. The second kappa shape index (κ2) is 8.32. The minimum absolute atomic E-state index is 0.0361. The van der Waals surface area contributed by atoms with Crippen LogP contribution >= 0.6 is 11.3 Å². The maximum Gasteiger partial charge on any atom is 0.248 e. The van der Waals surface area contributed by atoms with E-state index in [9.17, 15) is 4.79 Å². The standard InChI is InChI=1S/C16H21N5O3S/c1-3-14-19-20-16(25-14)18-13-6-4-5-11(17-13)12-9-21(7-8-24-12)15(22)10-23-2/h4-6,12H,3,7-10H2,1-2H3,(H,17,18,20)/t12-/m0/s1. The molecule has 0 bridgehead atoms. The van der Waals surface area contributed by atoms with Gasteiger partial charge >= 0.3 is 0 Å². The van der Waals surface area contributed by atoms with Gasteiger partial charge in [0.25, 0.3) is 0 Å². The van der Waals surface area contributed by atoms with E-state index in [-0.39, 0.29) is 18.6 Å². The second-order valence-corrected chi connectivity index (χ2v) is 6.62. The molecule has 1 amide bonds. The molecule has 1 atom stereocenters. The Hall–Kier alpha value is -2.10. The quantitative estimate of drug-likeness (QED) is 0.837. The van der Waals surface area contributed by atoms with Crippen molar-refractivity contribution in [1.29, 1.82) is 0 Å². The Morgan fingerprint density at radius 3 is 3.12 bits per heavy atom. The molecule has 1 aliphatic rings. The van der Waals surface area contributed by atoms with Crippen molar-refractivity contribution in [3.63, 3.8) is 0 Å². The van der Waals surface area contributed by atoms with E-state index in [0.29, 0.717) is 30.6 Å². The first-order valence-corrected chi connectivity index (χ1v) is 8.96. The van der Waals surface area contributed by atoms with Crippen molar-refractivity contribution in [3.8, 4) is 0 Å². The van der Waals surface area contributed by atoms with Gasteiger partial charge in [-0.2, -0.15) is 0 Å². The molecule has 3 rings (SSSR count). The number of pyridine rings is 1. The van der Waals surface area contributed by atoms with E-state index in [4.69, 9.17) is 9.47 Å². The summed E-state index contributed by atoms with van der Waals surface area (Å²) in [6.45, 7) is 3.65. The number of nitrogens with zero attached hydrogens (tertiary/aromatic N) is 4. The van der Waals surface area contributed by atoms with Crippen LogP contribution in [0.15, 0.2) is 18.2 Å². The Bertz CT molecular complexity index is 723. The van der Waals surface area contributed by atoms with Crippen LogP contribution in [0.2, 0.25) is 0 Å². The van der Waals surface area contributed by atoms with Crippen LogP contribution in [-0.4, -0.2) is 59.4 Å². The molecule has 3 heterocycles.